The van der Waals surface area contributed by atoms with Crippen LogP contribution in [0, 0.1) is 0 Å². The van der Waals surface area contributed by atoms with Gasteiger partial charge < -0.3 is 9.84 Å². The largest absolute Gasteiger partial charge is 0.493 e. The highest BCUT2D eigenvalue weighted by Crippen LogP contribution is 2.36. The third-order valence-corrected chi connectivity index (χ3v) is 4.67. The molecule has 1 aromatic carbocycles. The molecule has 0 spiro atoms. The fourth-order valence-electron chi connectivity index (χ4n) is 2.23. The first kappa shape index (κ1) is 14.4. The molecule has 0 aliphatic carbocycles. The van der Waals surface area contributed by atoms with Crippen LogP contribution in [0.1, 0.15) is 21.6 Å². The molecule has 1 aliphatic heterocycles. The molecule has 3 rings (SSSR count). The number of aromatic carboxylic acids is 1. The fraction of sp³-hybridized carbons (Fsp3) is 0.200. The van der Waals surface area contributed by atoms with Crippen molar-refractivity contribution in [3.8, 4) is 5.75 Å². The Bertz CT molecular complexity index is 705. The number of fused-ring (bicyclic) bond motifs is 1. The van der Waals surface area contributed by atoms with Crippen molar-refractivity contribution in [1.82, 2.24) is 4.98 Å². The molecule has 2 aromatic rings. The van der Waals surface area contributed by atoms with Gasteiger partial charge in [-0.05, 0) is 29.8 Å². The van der Waals surface area contributed by atoms with Crippen LogP contribution in [0.3, 0.4) is 0 Å². The van der Waals surface area contributed by atoms with Gasteiger partial charge in [0.25, 0.3) is 0 Å². The molecule has 6 heteroatoms. The number of hydrogen-bond donors (Lipinski definition) is 1. The summed E-state index contributed by atoms with van der Waals surface area (Å²) in [6.45, 7) is 0.724. The first-order valence-corrected chi connectivity index (χ1v) is 8.17. The predicted molar refractivity (Wildman–Crippen MR) is 84.1 cm³/mol. The Hall–Kier alpha value is -1.53. The maximum atomic E-state index is 10.9. The van der Waals surface area contributed by atoms with E-state index in [-0.39, 0.29) is 5.69 Å². The molecule has 1 aromatic heterocycles. The quantitative estimate of drug-likeness (QED) is 0.835. The highest BCUT2D eigenvalue weighted by atomic mass is 79.9. The molecule has 1 N–H and O–H groups in total. The maximum Gasteiger partial charge on any atom is 0.354 e. The van der Waals surface area contributed by atoms with Crippen molar-refractivity contribution >= 4 is 33.7 Å². The molecule has 0 saturated heterocycles. The lowest BCUT2D eigenvalue weighted by Gasteiger charge is -2.09. The number of hydrogen-bond acceptors (Lipinski definition) is 4. The average molecular weight is 366 g/mol. The average Bonchev–Trinajstić information content (AvgIpc) is 2.93. The van der Waals surface area contributed by atoms with E-state index in [0.717, 1.165) is 39.5 Å². The number of carbonyl (C=O) groups is 1. The number of ether oxygens (including phenoxy) is 1. The smallest absolute Gasteiger partial charge is 0.354 e. The second-order valence-electron chi connectivity index (χ2n) is 4.62. The van der Waals surface area contributed by atoms with Crippen LogP contribution < -0.4 is 4.74 Å². The van der Waals surface area contributed by atoms with Crippen molar-refractivity contribution in [2.24, 2.45) is 0 Å². The maximum absolute atomic E-state index is 10.9. The second kappa shape index (κ2) is 6.07. The summed E-state index contributed by atoms with van der Waals surface area (Å²) in [4.78, 5) is 15.6. The van der Waals surface area contributed by atoms with Crippen molar-refractivity contribution in [1.29, 1.82) is 0 Å². The standard InChI is InChI=1S/C15H12BrNO3S/c16-11-5-9-2-4-20-14(9)10(6-11)8-21-12-1-3-17-13(7-12)15(18)19/h1,3,5-7H,2,4,8H2,(H,18,19). The SMILES string of the molecule is O=C(O)c1cc(SCc2cc(Br)cc3c2OCC3)ccn1. The second-order valence-corrected chi connectivity index (χ2v) is 6.59. The van der Waals surface area contributed by atoms with Crippen molar-refractivity contribution in [3.05, 3.63) is 51.8 Å². The number of thioether (sulfide) groups is 1. The predicted octanol–water partition coefficient (Wildman–Crippen LogP) is 3.77. The van der Waals surface area contributed by atoms with E-state index in [9.17, 15) is 4.79 Å². The minimum Gasteiger partial charge on any atom is -0.493 e. The van der Waals surface area contributed by atoms with Crippen molar-refractivity contribution in [2.45, 2.75) is 17.1 Å². The van der Waals surface area contributed by atoms with E-state index in [1.54, 1.807) is 17.8 Å². The van der Waals surface area contributed by atoms with Crippen LogP contribution in [0.2, 0.25) is 0 Å². The first-order chi connectivity index (χ1) is 10.1. The van der Waals surface area contributed by atoms with E-state index >= 15 is 0 Å². The number of halogens is 1. The van der Waals surface area contributed by atoms with Gasteiger partial charge in [-0.2, -0.15) is 0 Å². The number of carboxylic acids is 1. The molecular formula is C15H12BrNO3S. The van der Waals surface area contributed by atoms with Gasteiger partial charge in [0.15, 0.2) is 0 Å². The normalized spacial score (nSPS) is 12.8. The zero-order chi connectivity index (χ0) is 14.8. The summed E-state index contributed by atoms with van der Waals surface area (Å²) in [5.41, 5.74) is 2.41. The van der Waals surface area contributed by atoms with Crippen molar-refractivity contribution in [3.63, 3.8) is 0 Å². The highest BCUT2D eigenvalue weighted by molar-refractivity contribution is 9.10. The molecular weight excluding hydrogens is 354 g/mol. The van der Waals surface area contributed by atoms with Crippen LogP contribution in [0.4, 0.5) is 0 Å². The van der Waals surface area contributed by atoms with Gasteiger partial charge in [0, 0.05) is 33.3 Å². The van der Waals surface area contributed by atoms with Gasteiger partial charge in [-0.1, -0.05) is 15.9 Å². The molecule has 0 unspecified atom stereocenters. The number of aromatic nitrogens is 1. The Morgan fingerprint density at radius 3 is 3.10 bits per heavy atom. The van der Waals surface area contributed by atoms with Gasteiger partial charge in [-0.25, -0.2) is 9.78 Å². The molecule has 4 nitrogen and oxygen atoms in total. The summed E-state index contributed by atoms with van der Waals surface area (Å²) < 4.78 is 6.74. The Morgan fingerprint density at radius 2 is 2.29 bits per heavy atom. The van der Waals surface area contributed by atoms with E-state index in [4.69, 9.17) is 9.84 Å². The summed E-state index contributed by atoms with van der Waals surface area (Å²) in [5.74, 6) is 0.688. The van der Waals surface area contributed by atoms with Crippen LogP contribution in [0.15, 0.2) is 39.8 Å². The lowest BCUT2D eigenvalue weighted by Crippen LogP contribution is -1.99. The molecule has 0 amide bonds. The van der Waals surface area contributed by atoms with Crippen LogP contribution >= 0.6 is 27.7 Å². The van der Waals surface area contributed by atoms with Crippen LogP contribution in [-0.4, -0.2) is 22.7 Å². The Morgan fingerprint density at radius 1 is 1.43 bits per heavy atom. The molecule has 0 atom stereocenters. The lowest BCUT2D eigenvalue weighted by molar-refractivity contribution is 0.0690. The number of carboxylic acid groups (broad SMARTS) is 1. The zero-order valence-electron chi connectivity index (χ0n) is 11.0. The monoisotopic (exact) mass is 365 g/mol. The molecule has 1 aliphatic rings. The molecule has 21 heavy (non-hydrogen) atoms. The summed E-state index contributed by atoms with van der Waals surface area (Å²) in [6, 6.07) is 7.55. The molecule has 2 heterocycles. The number of nitrogens with zero attached hydrogens (tertiary/aromatic N) is 1. The number of rotatable bonds is 4. The Balaban J connectivity index is 1.79. The Labute approximate surface area is 134 Å². The minimum absolute atomic E-state index is 0.0655. The topological polar surface area (TPSA) is 59.4 Å². The third-order valence-electron chi connectivity index (χ3n) is 3.17. The number of benzene rings is 1. The van der Waals surface area contributed by atoms with E-state index in [1.807, 2.05) is 6.07 Å². The fourth-order valence-corrected chi connectivity index (χ4v) is 3.67. The molecule has 0 bridgehead atoms. The molecule has 0 fully saturated rings. The van der Waals surface area contributed by atoms with Gasteiger partial charge in [0.05, 0.1) is 6.61 Å². The summed E-state index contributed by atoms with van der Waals surface area (Å²) in [5, 5.41) is 8.96. The Kier molecular flexibility index (Phi) is 4.17. The van der Waals surface area contributed by atoms with Crippen LogP contribution in [-0.2, 0) is 12.2 Å². The summed E-state index contributed by atoms with van der Waals surface area (Å²) in [6.07, 6.45) is 2.46. The van der Waals surface area contributed by atoms with Crippen LogP contribution in [0.25, 0.3) is 0 Å². The van der Waals surface area contributed by atoms with E-state index in [2.05, 4.69) is 33.0 Å². The van der Waals surface area contributed by atoms with Crippen molar-refractivity contribution < 1.29 is 14.6 Å². The van der Waals surface area contributed by atoms with Gasteiger partial charge >= 0.3 is 5.97 Å². The molecule has 108 valence electrons. The van der Waals surface area contributed by atoms with Gasteiger partial charge in [-0.3, -0.25) is 0 Å². The lowest BCUT2D eigenvalue weighted by atomic mass is 10.1. The van der Waals surface area contributed by atoms with Crippen molar-refractivity contribution in [2.75, 3.05) is 6.61 Å². The van der Waals surface area contributed by atoms with E-state index in [0.29, 0.717) is 0 Å². The summed E-state index contributed by atoms with van der Waals surface area (Å²) in [7, 11) is 0. The van der Waals surface area contributed by atoms with Gasteiger partial charge in [-0.15, -0.1) is 11.8 Å². The summed E-state index contributed by atoms with van der Waals surface area (Å²) >= 11 is 5.10. The number of pyridine rings is 1. The van der Waals surface area contributed by atoms with Gasteiger partial charge in [0.2, 0.25) is 0 Å². The third kappa shape index (κ3) is 3.22. The minimum atomic E-state index is -1.01. The first-order valence-electron chi connectivity index (χ1n) is 6.40. The highest BCUT2D eigenvalue weighted by Gasteiger charge is 2.17. The zero-order valence-corrected chi connectivity index (χ0v) is 13.4. The molecule has 0 saturated carbocycles. The van der Waals surface area contributed by atoms with Crippen LogP contribution in [0.5, 0.6) is 5.75 Å². The van der Waals surface area contributed by atoms with E-state index in [1.165, 1.54) is 11.8 Å². The van der Waals surface area contributed by atoms with Gasteiger partial charge in [0.1, 0.15) is 11.4 Å². The molecule has 0 radical (unpaired) electrons. The van der Waals surface area contributed by atoms with E-state index < -0.39 is 5.97 Å².